The Hall–Kier alpha value is -0.470. The number of ether oxygens (including phenoxy) is 2. The van der Waals surface area contributed by atoms with E-state index in [4.69, 9.17) is 9.47 Å². The van der Waals surface area contributed by atoms with E-state index in [0.717, 1.165) is 0 Å². The molecule has 2 fully saturated rings. The number of halogens is 1. The van der Waals surface area contributed by atoms with E-state index in [1.54, 1.807) is 0 Å². The number of hydrogen-bond acceptors (Lipinski definition) is 10. The van der Waals surface area contributed by atoms with Crippen molar-refractivity contribution in [1.82, 2.24) is 0 Å². The van der Waals surface area contributed by atoms with Crippen molar-refractivity contribution >= 4 is 0 Å². The molecule has 0 aromatic rings. The van der Waals surface area contributed by atoms with Crippen molar-refractivity contribution in [2.24, 2.45) is 0 Å². The Morgan fingerprint density at radius 3 is 2.00 bits per heavy atom. The van der Waals surface area contributed by atoms with Crippen molar-refractivity contribution in [2.45, 2.75) is 60.7 Å². The highest BCUT2D eigenvalue weighted by Gasteiger charge is 2.63. The van der Waals surface area contributed by atoms with Crippen LogP contribution in [0.2, 0.25) is 0 Å². The fourth-order valence-electron chi connectivity index (χ4n) is 2.98. The van der Waals surface area contributed by atoms with Gasteiger partial charge in [0.05, 0.1) is 6.61 Å². The van der Waals surface area contributed by atoms with E-state index in [2.05, 4.69) is 0 Å². The van der Waals surface area contributed by atoms with Gasteiger partial charge in [-0.05, 0) is 0 Å². The molecule has 23 heavy (non-hydrogen) atoms. The van der Waals surface area contributed by atoms with Crippen LogP contribution in [0.15, 0.2) is 0 Å². The largest absolute Gasteiger partial charge is 0.394 e. The molecule has 0 bridgehead atoms. The third-order valence-corrected chi connectivity index (χ3v) is 4.39. The molecule has 2 heterocycles. The molecule has 136 valence electrons. The van der Waals surface area contributed by atoms with Gasteiger partial charge in [0.1, 0.15) is 55.5 Å². The van der Waals surface area contributed by atoms with Crippen molar-refractivity contribution < 1.29 is 54.7 Å². The van der Waals surface area contributed by atoms with Crippen LogP contribution in [0.25, 0.3) is 0 Å². The molecular weight excluding hydrogens is 323 g/mol. The first-order valence-electron chi connectivity index (χ1n) is 6.98. The number of rotatable bonds is 3. The summed E-state index contributed by atoms with van der Waals surface area (Å²) in [5, 5.41) is 78.5. The van der Waals surface area contributed by atoms with Crippen LogP contribution in [0.5, 0.6) is 0 Å². The van der Waals surface area contributed by atoms with Crippen molar-refractivity contribution in [3.05, 3.63) is 0 Å². The predicted octanol–water partition coefficient (Wildman–Crippen LogP) is -5.03. The summed E-state index contributed by atoms with van der Waals surface area (Å²) < 4.78 is 22.7. The van der Waals surface area contributed by atoms with Gasteiger partial charge >= 0.3 is 0 Å². The number of aliphatic hydroxyl groups excluding tert-OH is 7. The van der Waals surface area contributed by atoms with Gasteiger partial charge in [-0.25, -0.2) is 4.39 Å². The highest BCUT2D eigenvalue weighted by atomic mass is 19.1. The molecule has 2 aliphatic heterocycles. The summed E-state index contributed by atoms with van der Waals surface area (Å²) in [6.07, 6.45) is -17.1. The second kappa shape index (κ2) is 6.80. The maximum absolute atomic E-state index is 12.9. The van der Waals surface area contributed by atoms with Gasteiger partial charge in [-0.1, -0.05) is 0 Å². The lowest BCUT2D eigenvalue weighted by Crippen LogP contribution is -2.77. The molecule has 0 aliphatic carbocycles. The maximum atomic E-state index is 12.9. The highest BCUT2D eigenvalue weighted by molar-refractivity contribution is 5.11. The van der Waals surface area contributed by atoms with E-state index in [0.29, 0.717) is 0 Å². The number of alkyl halides is 1. The predicted molar refractivity (Wildman–Crippen MR) is 67.6 cm³/mol. The minimum atomic E-state index is -2.69. The topological polar surface area (TPSA) is 180 Å². The first-order valence-corrected chi connectivity index (χ1v) is 6.98. The van der Waals surface area contributed by atoms with Crippen LogP contribution in [0.3, 0.4) is 0 Å². The molecule has 0 radical (unpaired) electrons. The summed E-state index contributed by atoms with van der Waals surface area (Å²) >= 11 is 0. The molecule has 8 N–H and O–H groups in total. The summed E-state index contributed by atoms with van der Waals surface area (Å²) in [5.41, 5.74) is -2.69. The molecule has 11 heteroatoms. The van der Waals surface area contributed by atoms with E-state index in [1.807, 2.05) is 0 Å². The zero-order chi connectivity index (χ0) is 17.5. The average molecular weight is 344 g/mol. The molecule has 10 nitrogen and oxygen atoms in total. The molecular formula is C12H21FO10. The Kier molecular flexibility index (Phi) is 5.58. The van der Waals surface area contributed by atoms with Crippen LogP contribution >= 0.6 is 0 Å². The standard InChI is InChI=1S/C12H21FO10/c13-1-3-5(15)6(16)7(17)10(22-3)12(21)4(2-14)23-11(20)8(18)9(12)19/h3-11,14-21H,1-2H2/t3-,4-,5-,6+,7-,8-,9-,10-,11+,12-/m1/s1. The Morgan fingerprint density at radius 2 is 1.48 bits per heavy atom. The molecule has 10 atom stereocenters. The van der Waals surface area contributed by atoms with Crippen LogP contribution in [0.1, 0.15) is 0 Å². The average Bonchev–Trinajstić information content (AvgIpc) is 2.54. The first-order chi connectivity index (χ1) is 10.7. The minimum Gasteiger partial charge on any atom is -0.394 e. The zero-order valence-corrected chi connectivity index (χ0v) is 11.9. The fraction of sp³-hybridized carbons (Fsp3) is 1.00. The summed E-state index contributed by atoms with van der Waals surface area (Å²) in [5.74, 6) is 0. The van der Waals surface area contributed by atoms with Crippen LogP contribution in [0.4, 0.5) is 4.39 Å². The number of hydrogen-bond donors (Lipinski definition) is 8. The van der Waals surface area contributed by atoms with Crippen LogP contribution in [-0.2, 0) is 9.47 Å². The van der Waals surface area contributed by atoms with Crippen LogP contribution in [-0.4, -0.2) is 115 Å². The van der Waals surface area contributed by atoms with Crippen molar-refractivity contribution in [3.8, 4) is 0 Å². The first kappa shape index (κ1) is 18.9. The van der Waals surface area contributed by atoms with Gasteiger partial charge in [-0.3, -0.25) is 0 Å². The van der Waals surface area contributed by atoms with Gasteiger partial charge in [-0.2, -0.15) is 0 Å². The summed E-state index contributed by atoms with van der Waals surface area (Å²) in [6, 6.07) is 0. The van der Waals surface area contributed by atoms with E-state index in [9.17, 15) is 45.2 Å². The fourth-order valence-corrected chi connectivity index (χ4v) is 2.98. The van der Waals surface area contributed by atoms with Gasteiger partial charge in [0.2, 0.25) is 0 Å². The lowest BCUT2D eigenvalue weighted by Gasteiger charge is -2.53. The smallest absolute Gasteiger partial charge is 0.184 e. The molecule has 2 rings (SSSR count). The number of aliphatic hydroxyl groups is 8. The Labute approximate surface area is 129 Å². The summed E-state index contributed by atoms with van der Waals surface area (Å²) in [4.78, 5) is 0. The van der Waals surface area contributed by atoms with Crippen molar-refractivity contribution in [2.75, 3.05) is 13.3 Å². The molecule has 0 spiro atoms. The van der Waals surface area contributed by atoms with Gasteiger partial charge in [-0.15, -0.1) is 0 Å². The lowest BCUT2D eigenvalue weighted by molar-refractivity contribution is -0.366. The van der Waals surface area contributed by atoms with Crippen molar-refractivity contribution in [3.63, 3.8) is 0 Å². The van der Waals surface area contributed by atoms with Gasteiger partial charge in [0.15, 0.2) is 11.9 Å². The third-order valence-electron chi connectivity index (χ3n) is 4.39. The van der Waals surface area contributed by atoms with Crippen molar-refractivity contribution in [1.29, 1.82) is 0 Å². The quantitative estimate of drug-likeness (QED) is 0.247. The van der Waals surface area contributed by atoms with Crippen LogP contribution in [0, 0.1) is 0 Å². The highest BCUT2D eigenvalue weighted by Crippen LogP contribution is 2.38. The van der Waals surface area contributed by atoms with E-state index < -0.39 is 74.0 Å². The molecule has 0 amide bonds. The van der Waals surface area contributed by atoms with E-state index in [1.165, 1.54) is 0 Å². The molecule has 0 aromatic heterocycles. The lowest BCUT2D eigenvalue weighted by atomic mass is 9.75. The van der Waals surface area contributed by atoms with Crippen LogP contribution < -0.4 is 0 Å². The second-order valence-electron chi connectivity index (χ2n) is 5.74. The monoisotopic (exact) mass is 344 g/mol. The zero-order valence-electron chi connectivity index (χ0n) is 11.9. The van der Waals surface area contributed by atoms with Gasteiger partial charge in [0.25, 0.3) is 0 Å². The molecule has 0 saturated carbocycles. The summed E-state index contributed by atoms with van der Waals surface area (Å²) in [6.45, 7) is -2.23. The molecule has 2 saturated heterocycles. The SMILES string of the molecule is OC[C@H]1O[C@H](O)[C@H](O)[C@@H](O)[C@@]1(O)[C@@H]1O[C@H](CF)[C@@H](O)[C@H](O)[C@H]1O. The second-order valence-corrected chi connectivity index (χ2v) is 5.74. The normalized spacial score (nSPS) is 54.9. The maximum Gasteiger partial charge on any atom is 0.184 e. The van der Waals surface area contributed by atoms with Gasteiger partial charge in [0, 0.05) is 0 Å². The van der Waals surface area contributed by atoms with E-state index >= 15 is 0 Å². The van der Waals surface area contributed by atoms with Gasteiger partial charge < -0.3 is 50.3 Å². The molecule has 0 unspecified atom stereocenters. The summed E-state index contributed by atoms with van der Waals surface area (Å²) in [7, 11) is 0. The Morgan fingerprint density at radius 1 is 0.870 bits per heavy atom. The Bertz CT molecular complexity index is 407. The molecule has 0 aromatic carbocycles. The third kappa shape index (κ3) is 2.87. The molecule has 2 aliphatic rings. The van der Waals surface area contributed by atoms with E-state index in [-0.39, 0.29) is 0 Å². The Balaban J connectivity index is 2.38. The minimum absolute atomic E-state index is 0.955.